The van der Waals surface area contributed by atoms with Crippen molar-refractivity contribution in [1.82, 2.24) is 15.5 Å². The molecule has 3 heterocycles. The zero-order valence-corrected chi connectivity index (χ0v) is 65.1. The number of hydrogen-bond donors (Lipinski definition) is 3. The molecule has 6 aliphatic rings. The predicted molar refractivity (Wildman–Crippen MR) is 418 cm³/mol. The first-order chi connectivity index (χ1) is 50.8. The van der Waals surface area contributed by atoms with Gasteiger partial charge in [0.1, 0.15) is 32.2 Å². The first kappa shape index (κ1) is 76.3. The van der Waals surface area contributed by atoms with E-state index in [1.807, 2.05) is 60.7 Å². The molecule has 6 aromatic rings. The molecule has 6 aromatic carbocycles. The summed E-state index contributed by atoms with van der Waals surface area (Å²) < 4.78 is 43.1. The first-order valence-electron chi connectivity index (χ1n) is 37.1. The van der Waals surface area contributed by atoms with Crippen LogP contribution in [-0.4, -0.2) is 168 Å². The largest absolute Gasteiger partial charge is 0.493 e. The molecule has 0 spiro atoms. The van der Waals surface area contributed by atoms with Crippen LogP contribution in [0.1, 0.15) is 88.9 Å². The van der Waals surface area contributed by atoms with Gasteiger partial charge in [0.25, 0.3) is 0 Å². The van der Waals surface area contributed by atoms with Crippen molar-refractivity contribution in [2.24, 2.45) is 29.6 Å². The molecule has 6 atom stereocenters. The molecule has 0 bridgehead atoms. The lowest BCUT2D eigenvalue weighted by molar-refractivity contribution is -0.128. The number of alkyl carbamates (subject to hydrolysis) is 1. The number of fused-ring (bicyclic) bond motifs is 7. The smallest absolute Gasteiger partial charge is 0.407 e. The number of carbonyl (C=O) groups excluding carboxylic acids is 7. The zero-order valence-electron chi connectivity index (χ0n) is 63.1. The summed E-state index contributed by atoms with van der Waals surface area (Å²) in [4.78, 5) is 108. The van der Waals surface area contributed by atoms with Crippen molar-refractivity contribution in [2.75, 3.05) is 114 Å². The Kier molecular flexibility index (Phi) is 23.6. The standard InChI is InChI=1S/C83H101N7O14Si2/c1-51(2)76(86-83(97)104-48-69-61-20-15-13-18-59(61)60-19-14-16-21-62(60)69)80(94)84-52(3)79(93)85-57-26-22-53(23-27-57)55-40-63-65(42-55)81(95)89(49-100-36-38-105(7,8)9)70-46-74(72(98-5)44-67(70)77(63)91)102-34-17-35-103-75-47-71-68(45-73(75)99-6)78(92)64-41-56(43-66(64)82(96)90(71)50-101-37-39-106(10,11)12)54-24-28-58(29-25-54)88-32-30-87(4)31-33-88/h13-16,18-29,40-41,44-47,51-52,63-66,69,76H,17,30-39,42-43,48-50H2,1-12H3,(H,84,94)(H,85,93)(H,86,97)/t52-,63?,64?,65+,66+,76-/m0/s1. The molecule has 3 aliphatic heterocycles. The predicted octanol–water partition coefficient (Wildman–Crippen LogP) is 13.4. The van der Waals surface area contributed by atoms with E-state index in [0.29, 0.717) is 65.9 Å². The molecular formula is C83H101N7O14Si2. The molecule has 21 nitrogen and oxygen atoms in total. The molecule has 12 rings (SSSR count). The van der Waals surface area contributed by atoms with Crippen LogP contribution in [-0.2, 0) is 33.4 Å². The van der Waals surface area contributed by atoms with Crippen LogP contribution >= 0.6 is 0 Å². The molecule has 5 amide bonds. The summed E-state index contributed by atoms with van der Waals surface area (Å²) >= 11 is 0. The van der Waals surface area contributed by atoms with Crippen molar-refractivity contribution in [3.8, 4) is 34.1 Å². The highest BCUT2D eigenvalue weighted by molar-refractivity contribution is 6.76. The van der Waals surface area contributed by atoms with E-state index in [9.17, 15) is 24.0 Å². The van der Waals surface area contributed by atoms with Gasteiger partial charge in [-0.25, -0.2) is 4.79 Å². The van der Waals surface area contributed by atoms with Crippen LogP contribution in [0.2, 0.25) is 51.4 Å². The number of anilines is 4. The monoisotopic (exact) mass is 1480 g/mol. The van der Waals surface area contributed by atoms with Gasteiger partial charge < -0.3 is 58.9 Å². The van der Waals surface area contributed by atoms with Crippen molar-refractivity contribution in [3.05, 3.63) is 167 Å². The number of carbonyl (C=O) groups is 7. The molecule has 106 heavy (non-hydrogen) atoms. The number of nitrogens with zero attached hydrogens (tertiary/aromatic N) is 4. The van der Waals surface area contributed by atoms with Crippen LogP contribution in [0.25, 0.3) is 22.3 Å². The second-order valence-corrected chi connectivity index (χ2v) is 42.7. The van der Waals surface area contributed by atoms with Gasteiger partial charge in [0.15, 0.2) is 34.6 Å². The Morgan fingerprint density at radius 1 is 0.547 bits per heavy atom. The molecule has 0 aromatic heterocycles. The number of likely N-dealkylation sites (N-methyl/N-ethyl adjacent to an activating group) is 1. The lowest BCUT2D eigenvalue weighted by Gasteiger charge is -2.34. The number of Topliss-reactive ketones (excluding diaryl/α,β-unsaturated/α-hetero) is 2. The number of ketones is 2. The summed E-state index contributed by atoms with van der Waals surface area (Å²) in [5.41, 5.74) is 10.8. The zero-order chi connectivity index (χ0) is 75.3. The lowest BCUT2D eigenvalue weighted by atomic mass is 9.88. The van der Waals surface area contributed by atoms with E-state index in [1.165, 1.54) is 14.2 Å². The van der Waals surface area contributed by atoms with E-state index >= 15 is 9.59 Å². The number of nitrogens with one attached hydrogen (secondary N) is 3. The van der Waals surface area contributed by atoms with Crippen molar-refractivity contribution in [3.63, 3.8) is 0 Å². The number of allylic oxidation sites excluding steroid dienone is 4. The van der Waals surface area contributed by atoms with E-state index < -0.39 is 69.8 Å². The molecule has 560 valence electrons. The minimum absolute atomic E-state index is 0.0368. The van der Waals surface area contributed by atoms with Crippen LogP contribution in [0.5, 0.6) is 23.0 Å². The van der Waals surface area contributed by atoms with Crippen molar-refractivity contribution >= 4 is 91.3 Å². The van der Waals surface area contributed by atoms with E-state index in [-0.39, 0.29) is 86.2 Å². The fourth-order valence-electron chi connectivity index (χ4n) is 14.8. The SMILES string of the molecule is COc1cc2c(cc1OCCCOc1cc3c(cc1OC)C(=O)C1C=C(c4ccc(N5CCN(C)CC5)cc4)C[C@H]1C(=O)N3COCC[Si](C)(C)C)N(COCC[Si](C)(C)C)C(=O)[C@@H]1CC(c3ccc(NC(=O)[C@H](C)NC(=O)[C@@H](NC(=O)OCC4c5ccccc5-c5ccccc54)C(C)C)cc3)=CC1C2=O. The molecular weight excluding hydrogens is 1380 g/mol. The Hall–Kier alpha value is -9.40. The first-order valence-corrected chi connectivity index (χ1v) is 44.5. The second-order valence-electron chi connectivity index (χ2n) is 31.4. The molecule has 1 saturated heterocycles. The quantitative estimate of drug-likeness (QED) is 0.0293. The topological polar surface area (TPSA) is 233 Å². The van der Waals surface area contributed by atoms with Crippen molar-refractivity contribution in [1.29, 1.82) is 0 Å². The highest BCUT2D eigenvalue weighted by atomic mass is 28.3. The maximum Gasteiger partial charge on any atom is 0.407 e. The van der Waals surface area contributed by atoms with Crippen LogP contribution in [0.3, 0.4) is 0 Å². The van der Waals surface area contributed by atoms with Gasteiger partial charge in [0.05, 0.1) is 62.5 Å². The fourth-order valence-corrected chi connectivity index (χ4v) is 16.3. The normalized spacial score (nSPS) is 19.2. The van der Waals surface area contributed by atoms with Crippen LogP contribution in [0, 0.1) is 29.6 Å². The molecule has 23 heteroatoms. The molecule has 0 saturated carbocycles. The average Bonchev–Trinajstić information content (AvgIpc) is 1.61. The Labute approximate surface area is 624 Å². The third-order valence-electron chi connectivity index (χ3n) is 21.1. The van der Waals surface area contributed by atoms with E-state index in [1.54, 1.807) is 67.0 Å². The second kappa shape index (κ2) is 32.8. The van der Waals surface area contributed by atoms with Crippen LogP contribution < -0.4 is 49.6 Å². The molecule has 3 N–H and O–H groups in total. The number of hydrogen-bond acceptors (Lipinski definition) is 16. The number of amides is 5. The number of rotatable bonds is 29. The summed E-state index contributed by atoms with van der Waals surface area (Å²) in [5.74, 6) is -4.08. The van der Waals surface area contributed by atoms with Gasteiger partial charge in [-0.1, -0.05) is 138 Å². The number of methoxy groups -OCH3 is 2. The van der Waals surface area contributed by atoms with Gasteiger partial charge >= 0.3 is 6.09 Å². The summed E-state index contributed by atoms with van der Waals surface area (Å²) in [7, 11) is 2.13. The van der Waals surface area contributed by atoms with Gasteiger partial charge in [-0.3, -0.25) is 38.6 Å². The lowest BCUT2D eigenvalue weighted by Crippen LogP contribution is -2.53. The minimum atomic E-state index is -1.54. The fraction of sp³-hybridized carbons (Fsp3) is 0.434. The van der Waals surface area contributed by atoms with E-state index in [0.717, 1.165) is 88.5 Å². The highest BCUT2D eigenvalue weighted by Crippen LogP contribution is 2.50. The molecule has 0 radical (unpaired) electrons. The maximum atomic E-state index is 15.1. The van der Waals surface area contributed by atoms with Crippen LogP contribution in [0.4, 0.5) is 27.5 Å². The Balaban J connectivity index is 0.695. The van der Waals surface area contributed by atoms with Gasteiger partial charge in [-0.2, -0.15) is 0 Å². The van der Waals surface area contributed by atoms with E-state index in [4.69, 9.17) is 33.2 Å². The number of benzene rings is 6. The maximum absolute atomic E-state index is 15.1. The summed E-state index contributed by atoms with van der Waals surface area (Å²) in [6.07, 6.45) is 4.11. The van der Waals surface area contributed by atoms with Crippen LogP contribution in [0.15, 0.2) is 133 Å². The Morgan fingerprint density at radius 2 is 1.02 bits per heavy atom. The average molecular weight is 1480 g/mol. The third-order valence-corrected chi connectivity index (χ3v) is 24.6. The van der Waals surface area contributed by atoms with Gasteiger partial charge in [0.2, 0.25) is 23.6 Å². The molecule has 3 aliphatic carbocycles. The Morgan fingerprint density at radius 3 is 1.48 bits per heavy atom. The molecule has 2 unspecified atom stereocenters. The third kappa shape index (κ3) is 17.2. The van der Waals surface area contributed by atoms with Gasteiger partial charge in [-0.05, 0) is 126 Å². The summed E-state index contributed by atoms with van der Waals surface area (Å²) in [6.45, 7) is 23.7. The summed E-state index contributed by atoms with van der Waals surface area (Å²) in [6, 6.07) is 38.1. The Bertz CT molecular complexity index is 4300. The number of piperazine rings is 1. The van der Waals surface area contributed by atoms with Gasteiger partial charge in [-0.15, -0.1) is 0 Å². The minimum Gasteiger partial charge on any atom is -0.493 e. The van der Waals surface area contributed by atoms with Crippen molar-refractivity contribution in [2.45, 2.75) is 109 Å². The molecule has 1 fully saturated rings. The number of ether oxygens (including phenoxy) is 7. The highest BCUT2D eigenvalue weighted by Gasteiger charge is 2.47. The van der Waals surface area contributed by atoms with Gasteiger partial charge in [0, 0.05) is 103 Å². The van der Waals surface area contributed by atoms with E-state index in [2.05, 4.69) is 108 Å². The van der Waals surface area contributed by atoms with Crippen molar-refractivity contribution < 1.29 is 66.7 Å². The summed E-state index contributed by atoms with van der Waals surface area (Å²) in [5, 5.41) is 8.36.